The van der Waals surface area contributed by atoms with Crippen LogP contribution in [0.2, 0.25) is 0 Å². The summed E-state index contributed by atoms with van der Waals surface area (Å²) in [7, 11) is 2.01. The first-order valence-corrected chi connectivity index (χ1v) is 8.98. The minimum absolute atomic E-state index is 0. The molecule has 6 heteroatoms. The fourth-order valence-corrected chi connectivity index (χ4v) is 2.45. The van der Waals surface area contributed by atoms with Gasteiger partial charge in [-0.25, -0.2) is 0 Å². The lowest BCUT2D eigenvalue weighted by atomic mass is 10.1. The molecule has 0 saturated heterocycles. The lowest BCUT2D eigenvalue weighted by Gasteiger charge is -2.22. The number of benzene rings is 1. The van der Waals surface area contributed by atoms with E-state index in [4.69, 9.17) is 4.74 Å². The summed E-state index contributed by atoms with van der Waals surface area (Å²) in [6, 6.07) is 10.0. The van der Waals surface area contributed by atoms with E-state index in [1.165, 1.54) is 12.8 Å². The molecule has 1 aliphatic rings. The summed E-state index contributed by atoms with van der Waals surface area (Å²) in [6.07, 6.45) is 2.79. The molecule has 0 amide bonds. The molecule has 1 fully saturated rings. The number of aliphatic imine (C=N–C) groups is 1. The molecule has 142 valence electrons. The molecule has 5 nitrogen and oxygen atoms in total. The fraction of sp³-hybridized carbons (Fsp3) is 0.632. The normalized spacial score (nSPS) is 15.4. The summed E-state index contributed by atoms with van der Waals surface area (Å²) >= 11 is 0. The van der Waals surface area contributed by atoms with Crippen LogP contribution in [0.5, 0.6) is 0 Å². The third-order valence-electron chi connectivity index (χ3n) is 4.08. The predicted molar refractivity (Wildman–Crippen MR) is 114 cm³/mol. The lowest BCUT2D eigenvalue weighted by Crippen LogP contribution is -2.41. The first kappa shape index (κ1) is 22.2. The van der Waals surface area contributed by atoms with Crippen LogP contribution in [0.3, 0.4) is 0 Å². The second-order valence-corrected chi connectivity index (χ2v) is 6.48. The maximum Gasteiger partial charge on any atom is 0.193 e. The highest BCUT2D eigenvalue weighted by atomic mass is 127. The number of aliphatic hydroxyl groups excluding tert-OH is 1. The monoisotopic (exact) mass is 461 g/mol. The van der Waals surface area contributed by atoms with E-state index in [0.717, 1.165) is 37.1 Å². The largest absolute Gasteiger partial charge is 0.391 e. The molecule has 1 aromatic carbocycles. The van der Waals surface area contributed by atoms with E-state index >= 15 is 0 Å². The van der Waals surface area contributed by atoms with Gasteiger partial charge in [-0.1, -0.05) is 30.3 Å². The first-order chi connectivity index (χ1) is 11.7. The number of nitrogens with zero attached hydrogens (tertiary/aromatic N) is 2. The van der Waals surface area contributed by atoms with E-state index < -0.39 is 6.10 Å². The quantitative estimate of drug-likeness (QED) is 0.244. The molecular weight excluding hydrogens is 429 g/mol. The van der Waals surface area contributed by atoms with Crippen molar-refractivity contribution in [2.75, 3.05) is 39.9 Å². The van der Waals surface area contributed by atoms with Gasteiger partial charge >= 0.3 is 0 Å². The Bertz CT molecular complexity index is 495. The van der Waals surface area contributed by atoms with Crippen molar-refractivity contribution in [3.05, 3.63) is 35.9 Å². The van der Waals surface area contributed by atoms with Gasteiger partial charge < -0.3 is 20.1 Å². The van der Waals surface area contributed by atoms with Crippen molar-refractivity contribution in [3.8, 4) is 0 Å². The minimum Gasteiger partial charge on any atom is -0.391 e. The van der Waals surface area contributed by atoms with E-state index in [2.05, 4.69) is 15.2 Å². The SMILES string of the molecule is CCNC(=NCC(O)Cc1ccccc1)N(C)CCOCC1CC1.I. The molecule has 0 bridgehead atoms. The van der Waals surface area contributed by atoms with Gasteiger partial charge in [-0.2, -0.15) is 0 Å². The summed E-state index contributed by atoms with van der Waals surface area (Å²) in [5.74, 6) is 1.62. The smallest absolute Gasteiger partial charge is 0.193 e. The summed E-state index contributed by atoms with van der Waals surface area (Å²) in [4.78, 5) is 6.62. The Morgan fingerprint density at radius 3 is 2.72 bits per heavy atom. The molecule has 1 atom stereocenters. The van der Waals surface area contributed by atoms with E-state index in [1.807, 2.05) is 44.3 Å². The zero-order valence-electron chi connectivity index (χ0n) is 15.4. The molecule has 1 aliphatic carbocycles. The van der Waals surface area contributed by atoms with Gasteiger partial charge in [-0.15, -0.1) is 24.0 Å². The Labute approximate surface area is 168 Å². The van der Waals surface area contributed by atoms with Crippen LogP contribution in [0, 0.1) is 5.92 Å². The zero-order valence-corrected chi connectivity index (χ0v) is 17.7. The van der Waals surface area contributed by atoms with Gasteiger partial charge in [-0.3, -0.25) is 4.99 Å². The molecule has 25 heavy (non-hydrogen) atoms. The minimum atomic E-state index is -0.472. The summed E-state index contributed by atoms with van der Waals surface area (Å²) in [5.41, 5.74) is 1.13. The van der Waals surface area contributed by atoms with Gasteiger partial charge in [0.05, 0.1) is 19.3 Å². The van der Waals surface area contributed by atoms with Crippen LogP contribution in [0.1, 0.15) is 25.3 Å². The average Bonchev–Trinajstić information content (AvgIpc) is 3.40. The molecule has 1 saturated carbocycles. The lowest BCUT2D eigenvalue weighted by molar-refractivity contribution is 0.115. The Kier molecular flexibility index (Phi) is 11.1. The highest BCUT2D eigenvalue weighted by Crippen LogP contribution is 2.28. The highest BCUT2D eigenvalue weighted by molar-refractivity contribution is 14.0. The number of hydrogen-bond acceptors (Lipinski definition) is 3. The number of ether oxygens (including phenoxy) is 1. The molecule has 1 unspecified atom stereocenters. The zero-order chi connectivity index (χ0) is 17.2. The standard InChI is InChI=1S/C19H31N3O2.HI/c1-3-20-19(22(2)11-12-24-15-17-9-10-17)21-14-18(23)13-16-7-5-4-6-8-16;/h4-8,17-18,23H,3,9-15H2,1-2H3,(H,20,21);1H. The van der Waals surface area contributed by atoms with Crippen molar-refractivity contribution in [2.45, 2.75) is 32.3 Å². The molecule has 0 spiro atoms. The molecule has 2 N–H and O–H groups in total. The first-order valence-electron chi connectivity index (χ1n) is 8.98. The molecule has 0 aromatic heterocycles. The van der Waals surface area contributed by atoms with Crippen LogP contribution in [0.4, 0.5) is 0 Å². The van der Waals surface area contributed by atoms with E-state index in [9.17, 15) is 5.11 Å². The molecule has 1 aromatic rings. The summed E-state index contributed by atoms with van der Waals surface area (Å²) in [6.45, 7) is 5.65. The second-order valence-electron chi connectivity index (χ2n) is 6.48. The Balaban J connectivity index is 0.00000312. The molecule has 0 aliphatic heterocycles. The maximum atomic E-state index is 10.2. The van der Waals surface area contributed by atoms with E-state index in [0.29, 0.717) is 19.6 Å². The van der Waals surface area contributed by atoms with Crippen molar-refractivity contribution >= 4 is 29.9 Å². The van der Waals surface area contributed by atoms with E-state index in [1.54, 1.807) is 0 Å². The number of guanidine groups is 1. The number of hydrogen-bond donors (Lipinski definition) is 2. The summed E-state index contributed by atoms with van der Waals surface area (Å²) in [5, 5.41) is 13.5. The number of halogens is 1. The number of likely N-dealkylation sites (N-methyl/N-ethyl adjacent to an activating group) is 1. The Morgan fingerprint density at radius 1 is 1.36 bits per heavy atom. The van der Waals surface area contributed by atoms with Crippen LogP contribution in [-0.2, 0) is 11.2 Å². The third kappa shape index (κ3) is 9.42. The van der Waals surface area contributed by atoms with Gasteiger partial charge in [0.1, 0.15) is 0 Å². The van der Waals surface area contributed by atoms with Crippen molar-refractivity contribution in [2.24, 2.45) is 10.9 Å². The van der Waals surface area contributed by atoms with Gasteiger partial charge in [0.15, 0.2) is 5.96 Å². The highest BCUT2D eigenvalue weighted by Gasteiger charge is 2.21. The maximum absolute atomic E-state index is 10.2. The van der Waals surface area contributed by atoms with Gasteiger partial charge in [-0.05, 0) is 31.2 Å². The van der Waals surface area contributed by atoms with Gasteiger partial charge in [0.2, 0.25) is 0 Å². The fourth-order valence-electron chi connectivity index (χ4n) is 2.45. The Hall–Kier alpha value is -0.860. The Morgan fingerprint density at radius 2 is 2.08 bits per heavy atom. The van der Waals surface area contributed by atoms with E-state index in [-0.39, 0.29) is 24.0 Å². The molecular formula is C19H32IN3O2. The number of aliphatic hydroxyl groups is 1. The average molecular weight is 461 g/mol. The third-order valence-corrected chi connectivity index (χ3v) is 4.08. The number of nitrogens with one attached hydrogen (secondary N) is 1. The van der Waals surface area contributed by atoms with Crippen LogP contribution in [0.25, 0.3) is 0 Å². The molecule has 2 rings (SSSR count). The van der Waals surface area contributed by atoms with Gasteiger partial charge in [0.25, 0.3) is 0 Å². The van der Waals surface area contributed by atoms with Crippen molar-refractivity contribution in [3.63, 3.8) is 0 Å². The summed E-state index contributed by atoms with van der Waals surface area (Å²) < 4.78 is 5.69. The van der Waals surface area contributed by atoms with Crippen molar-refractivity contribution in [1.29, 1.82) is 0 Å². The van der Waals surface area contributed by atoms with Gasteiger partial charge in [0, 0.05) is 33.2 Å². The molecule has 0 heterocycles. The van der Waals surface area contributed by atoms with Crippen LogP contribution < -0.4 is 5.32 Å². The number of rotatable bonds is 10. The predicted octanol–water partition coefficient (Wildman–Crippen LogP) is 2.53. The topological polar surface area (TPSA) is 57.1 Å². The second kappa shape index (κ2) is 12.5. The van der Waals surface area contributed by atoms with Crippen LogP contribution in [-0.4, -0.2) is 62.0 Å². The molecule has 0 radical (unpaired) electrons. The van der Waals surface area contributed by atoms with Crippen LogP contribution >= 0.6 is 24.0 Å². The van der Waals surface area contributed by atoms with Crippen molar-refractivity contribution in [1.82, 2.24) is 10.2 Å². The van der Waals surface area contributed by atoms with Crippen LogP contribution in [0.15, 0.2) is 35.3 Å². The van der Waals surface area contributed by atoms with Crippen molar-refractivity contribution < 1.29 is 9.84 Å².